The van der Waals surface area contributed by atoms with Crippen molar-refractivity contribution in [3.63, 3.8) is 0 Å². The second-order valence-corrected chi connectivity index (χ2v) is 6.29. The van der Waals surface area contributed by atoms with E-state index in [0.29, 0.717) is 5.56 Å². The fourth-order valence-corrected chi connectivity index (χ4v) is 3.04. The van der Waals surface area contributed by atoms with Crippen LogP contribution in [0, 0.1) is 11.6 Å². The van der Waals surface area contributed by atoms with Gasteiger partial charge in [0.15, 0.2) is 5.78 Å². The second kappa shape index (κ2) is 7.22. The number of Topliss-reactive ketones (excluding diaryl/α,β-unsaturated/α-hetero) is 1. The quantitative estimate of drug-likeness (QED) is 0.612. The fourth-order valence-electron chi connectivity index (χ4n) is 2.79. The first kappa shape index (κ1) is 18.0. The molecular weight excluding hydrogens is 360 g/mol. The molecule has 0 aliphatic rings. The molecule has 132 valence electrons. The number of rotatable bonds is 5. The average molecular weight is 374 g/mol. The van der Waals surface area contributed by atoms with E-state index < -0.39 is 17.4 Å². The number of halogens is 3. The maximum Gasteiger partial charge on any atom is 0.212 e. The topological polar surface area (TPSA) is 39.1 Å². The van der Waals surface area contributed by atoms with Crippen molar-refractivity contribution in [1.29, 1.82) is 0 Å². The summed E-state index contributed by atoms with van der Waals surface area (Å²) in [6.07, 6.45) is -0.0668. The third-order valence-corrected chi connectivity index (χ3v) is 4.26. The molecule has 3 rings (SSSR count). The smallest absolute Gasteiger partial charge is 0.212 e. The summed E-state index contributed by atoms with van der Waals surface area (Å²) in [5, 5.41) is 0.204. The molecule has 1 aromatic heterocycles. The number of aromatic nitrogens is 1. The van der Waals surface area contributed by atoms with Gasteiger partial charge in [-0.15, -0.1) is 0 Å². The van der Waals surface area contributed by atoms with Gasteiger partial charge in [-0.25, -0.2) is 8.78 Å². The minimum absolute atomic E-state index is 0.0652. The molecule has 26 heavy (non-hydrogen) atoms. The molecule has 0 saturated carbocycles. The van der Waals surface area contributed by atoms with E-state index in [4.69, 9.17) is 11.6 Å². The van der Waals surface area contributed by atoms with Crippen molar-refractivity contribution in [3.05, 3.63) is 93.8 Å². The van der Waals surface area contributed by atoms with E-state index >= 15 is 0 Å². The summed E-state index contributed by atoms with van der Waals surface area (Å²) < 4.78 is 28.7. The van der Waals surface area contributed by atoms with E-state index in [-0.39, 0.29) is 34.2 Å². The molecule has 0 saturated heterocycles. The Morgan fingerprint density at radius 1 is 1.00 bits per heavy atom. The van der Waals surface area contributed by atoms with Crippen LogP contribution in [-0.4, -0.2) is 16.1 Å². The first-order valence-electron chi connectivity index (χ1n) is 7.80. The molecule has 0 fully saturated rings. The number of carbonyl (C=O) groups is 2. The first-order valence-corrected chi connectivity index (χ1v) is 8.17. The Balaban J connectivity index is 1.88. The molecule has 0 unspecified atom stereocenters. The Bertz CT molecular complexity index is 991. The predicted octanol–water partition coefficient (Wildman–Crippen LogP) is 4.61. The highest BCUT2D eigenvalue weighted by atomic mass is 35.5. The number of carbonyl (C=O) groups excluding carboxylic acids is 2. The van der Waals surface area contributed by atoms with Crippen molar-refractivity contribution in [1.82, 2.24) is 4.57 Å². The highest BCUT2D eigenvalue weighted by molar-refractivity contribution is 6.30. The van der Waals surface area contributed by atoms with Crippen LogP contribution < -0.4 is 0 Å². The van der Waals surface area contributed by atoms with E-state index in [0.717, 1.165) is 6.07 Å². The zero-order chi connectivity index (χ0) is 18.8. The average Bonchev–Trinajstić information content (AvgIpc) is 2.95. The Morgan fingerprint density at radius 2 is 1.69 bits per heavy atom. The second-order valence-electron chi connectivity index (χ2n) is 5.85. The lowest BCUT2D eigenvalue weighted by atomic mass is 10.1. The van der Waals surface area contributed by atoms with E-state index in [1.54, 1.807) is 13.1 Å². The monoisotopic (exact) mass is 373 g/mol. The molecule has 0 aliphatic carbocycles. The summed E-state index contributed by atoms with van der Waals surface area (Å²) >= 11 is 5.80. The Labute approximate surface area is 153 Å². The molecular formula is C20H14ClF2NO2. The summed E-state index contributed by atoms with van der Waals surface area (Å²) in [5.74, 6) is -1.97. The van der Waals surface area contributed by atoms with Gasteiger partial charge in [-0.1, -0.05) is 23.7 Å². The standard InChI is InChI=1S/C20H14ClF2NO2/c1-24-17(19(25)10-12-8-13(21)11-14(22)9-12)6-7-18(24)20(26)15-4-2-3-5-16(15)23/h2-9,11H,10H2,1H3. The Hall–Kier alpha value is -2.79. The molecule has 0 radical (unpaired) electrons. The van der Waals surface area contributed by atoms with Gasteiger partial charge < -0.3 is 4.57 Å². The number of benzene rings is 2. The molecule has 0 aliphatic heterocycles. The molecule has 0 N–H and O–H groups in total. The normalized spacial score (nSPS) is 10.8. The largest absolute Gasteiger partial charge is 0.339 e. The van der Waals surface area contributed by atoms with Crippen LogP contribution in [0.15, 0.2) is 54.6 Å². The van der Waals surface area contributed by atoms with E-state index in [2.05, 4.69) is 0 Å². The summed E-state index contributed by atoms with van der Waals surface area (Å²) in [4.78, 5) is 25.1. The molecule has 2 aromatic carbocycles. The number of hydrogen-bond donors (Lipinski definition) is 0. The molecule has 0 spiro atoms. The summed E-state index contributed by atoms with van der Waals surface area (Å²) in [6.45, 7) is 0. The van der Waals surface area contributed by atoms with Gasteiger partial charge in [0, 0.05) is 18.5 Å². The number of ketones is 2. The van der Waals surface area contributed by atoms with Crippen molar-refractivity contribution in [3.8, 4) is 0 Å². The van der Waals surface area contributed by atoms with E-state index in [1.807, 2.05) is 0 Å². The van der Waals surface area contributed by atoms with E-state index in [1.165, 1.54) is 47.0 Å². The van der Waals surface area contributed by atoms with E-state index in [9.17, 15) is 18.4 Å². The zero-order valence-corrected chi connectivity index (χ0v) is 14.6. The highest BCUT2D eigenvalue weighted by Gasteiger charge is 2.20. The van der Waals surface area contributed by atoms with Gasteiger partial charge in [0.05, 0.1) is 17.0 Å². The maximum absolute atomic E-state index is 13.8. The molecule has 0 bridgehead atoms. The van der Waals surface area contributed by atoms with Crippen LogP contribution >= 0.6 is 11.6 Å². The third kappa shape index (κ3) is 3.58. The lowest BCUT2D eigenvalue weighted by Crippen LogP contribution is -2.14. The van der Waals surface area contributed by atoms with Gasteiger partial charge in [0.1, 0.15) is 11.6 Å². The minimum Gasteiger partial charge on any atom is -0.339 e. The van der Waals surface area contributed by atoms with Crippen LogP contribution in [0.2, 0.25) is 5.02 Å². The summed E-state index contributed by atoms with van der Waals surface area (Å²) in [7, 11) is 1.56. The zero-order valence-electron chi connectivity index (χ0n) is 13.8. The van der Waals surface area contributed by atoms with Crippen LogP contribution in [0.1, 0.15) is 32.1 Å². The van der Waals surface area contributed by atoms with Gasteiger partial charge in [0.25, 0.3) is 0 Å². The van der Waals surface area contributed by atoms with Crippen LogP contribution in [-0.2, 0) is 13.5 Å². The van der Waals surface area contributed by atoms with Crippen LogP contribution in [0.4, 0.5) is 8.78 Å². The minimum atomic E-state index is -0.624. The first-order chi connectivity index (χ1) is 12.4. The lowest BCUT2D eigenvalue weighted by molar-refractivity contribution is 0.0984. The van der Waals surface area contributed by atoms with Crippen LogP contribution in [0.5, 0.6) is 0 Å². The Kier molecular flexibility index (Phi) is 5.00. The highest BCUT2D eigenvalue weighted by Crippen LogP contribution is 2.19. The van der Waals surface area contributed by atoms with Gasteiger partial charge in [-0.05, 0) is 48.0 Å². The number of hydrogen-bond acceptors (Lipinski definition) is 2. The molecule has 1 heterocycles. The molecule has 3 aromatic rings. The van der Waals surface area contributed by atoms with Crippen LogP contribution in [0.25, 0.3) is 0 Å². The predicted molar refractivity (Wildman–Crippen MR) is 94.7 cm³/mol. The van der Waals surface area contributed by atoms with Gasteiger partial charge >= 0.3 is 0 Å². The SMILES string of the molecule is Cn1c(C(=O)Cc2cc(F)cc(Cl)c2)ccc1C(=O)c1ccccc1F. The summed E-state index contributed by atoms with van der Waals surface area (Å²) in [5.41, 5.74) is 0.827. The van der Waals surface area contributed by atoms with Crippen LogP contribution in [0.3, 0.4) is 0 Å². The van der Waals surface area contributed by atoms with Crippen molar-refractivity contribution >= 4 is 23.2 Å². The Morgan fingerprint density at radius 3 is 2.38 bits per heavy atom. The van der Waals surface area contributed by atoms with Gasteiger partial charge in [-0.3, -0.25) is 9.59 Å². The van der Waals surface area contributed by atoms with Crippen molar-refractivity contribution in [2.45, 2.75) is 6.42 Å². The maximum atomic E-state index is 13.8. The fraction of sp³-hybridized carbons (Fsp3) is 0.100. The molecule has 3 nitrogen and oxygen atoms in total. The third-order valence-electron chi connectivity index (χ3n) is 4.05. The molecule has 0 atom stereocenters. The van der Waals surface area contributed by atoms with Crippen molar-refractivity contribution < 1.29 is 18.4 Å². The van der Waals surface area contributed by atoms with Crippen molar-refractivity contribution in [2.75, 3.05) is 0 Å². The van der Waals surface area contributed by atoms with Gasteiger partial charge in [-0.2, -0.15) is 0 Å². The molecule has 0 amide bonds. The van der Waals surface area contributed by atoms with Gasteiger partial charge in [0.2, 0.25) is 5.78 Å². The lowest BCUT2D eigenvalue weighted by Gasteiger charge is -2.08. The van der Waals surface area contributed by atoms with Crippen molar-refractivity contribution in [2.24, 2.45) is 7.05 Å². The number of nitrogens with zero attached hydrogens (tertiary/aromatic N) is 1. The summed E-state index contributed by atoms with van der Waals surface area (Å²) in [6, 6.07) is 12.5. The molecule has 6 heteroatoms.